The van der Waals surface area contributed by atoms with E-state index in [0.717, 1.165) is 43.2 Å². The highest BCUT2D eigenvalue weighted by Crippen LogP contribution is 2.25. The Morgan fingerprint density at radius 1 is 1.04 bits per heavy atom. The van der Waals surface area contributed by atoms with Crippen molar-refractivity contribution in [3.05, 3.63) is 42.1 Å². The van der Waals surface area contributed by atoms with Crippen molar-refractivity contribution >= 4 is 11.7 Å². The van der Waals surface area contributed by atoms with Crippen LogP contribution in [0.3, 0.4) is 0 Å². The van der Waals surface area contributed by atoms with E-state index in [4.69, 9.17) is 9.72 Å². The van der Waals surface area contributed by atoms with E-state index in [0.29, 0.717) is 37.8 Å². The van der Waals surface area contributed by atoms with E-state index >= 15 is 0 Å². The Bertz CT molecular complexity index is 782. The molecule has 1 aromatic carbocycles. The number of nitrogens with zero attached hydrogens (tertiary/aromatic N) is 4. The lowest BCUT2D eigenvalue weighted by Crippen LogP contribution is -2.41. The van der Waals surface area contributed by atoms with Gasteiger partial charge in [-0.15, -0.1) is 0 Å². The Hall–Kier alpha value is -2.47. The lowest BCUT2D eigenvalue weighted by Gasteiger charge is -2.32. The molecule has 142 valence electrons. The largest absolute Gasteiger partial charge is 0.378 e. The topological polar surface area (TPSA) is 58.6 Å². The van der Waals surface area contributed by atoms with Crippen LogP contribution in [0.4, 0.5) is 5.82 Å². The summed E-state index contributed by atoms with van der Waals surface area (Å²) < 4.78 is 5.37. The lowest BCUT2D eigenvalue weighted by molar-refractivity contribution is 0.0299. The smallest absolute Gasteiger partial charge is 0.272 e. The molecule has 0 radical (unpaired) electrons. The first-order valence-corrected chi connectivity index (χ1v) is 9.77. The van der Waals surface area contributed by atoms with Gasteiger partial charge in [-0.1, -0.05) is 37.3 Å². The van der Waals surface area contributed by atoms with Gasteiger partial charge in [0.05, 0.1) is 13.2 Å². The first kappa shape index (κ1) is 17.9. The predicted octanol–water partition coefficient (Wildman–Crippen LogP) is 2.85. The Balaban J connectivity index is 1.69. The molecule has 27 heavy (non-hydrogen) atoms. The second-order valence-electron chi connectivity index (χ2n) is 7.38. The summed E-state index contributed by atoms with van der Waals surface area (Å²) >= 11 is 0. The summed E-state index contributed by atoms with van der Waals surface area (Å²) in [4.78, 5) is 26.6. The van der Waals surface area contributed by atoms with Crippen LogP contribution in [0.1, 0.15) is 30.3 Å². The highest BCUT2D eigenvalue weighted by molar-refractivity contribution is 5.93. The van der Waals surface area contributed by atoms with Gasteiger partial charge in [0.25, 0.3) is 5.91 Å². The molecule has 2 fully saturated rings. The highest BCUT2D eigenvalue weighted by atomic mass is 16.5. The number of benzene rings is 1. The quantitative estimate of drug-likeness (QED) is 0.836. The molecule has 6 nitrogen and oxygen atoms in total. The van der Waals surface area contributed by atoms with Crippen molar-refractivity contribution in [3.63, 3.8) is 0 Å². The molecule has 2 aliphatic heterocycles. The third kappa shape index (κ3) is 4.11. The summed E-state index contributed by atoms with van der Waals surface area (Å²) in [6.45, 7) is 6.62. The number of piperidine rings is 1. The second kappa shape index (κ2) is 8.05. The van der Waals surface area contributed by atoms with E-state index in [1.807, 2.05) is 41.3 Å². The molecule has 0 saturated carbocycles. The average molecular weight is 366 g/mol. The average Bonchev–Trinajstić information content (AvgIpc) is 2.74. The molecule has 1 amide bonds. The first-order chi connectivity index (χ1) is 13.2. The number of amides is 1. The van der Waals surface area contributed by atoms with Crippen molar-refractivity contribution in [2.24, 2.45) is 5.92 Å². The zero-order chi connectivity index (χ0) is 18.6. The molecule has 0 N–H and O–H groups in total. The Kier molecular flexibility index (Phi) is 5.34. The van der Waals surface area contributed by atoms with Crippen LogP contribution in [-0.4, -0.2) is 60.2 Å². The minimum absolute atomic E-state index is 0.0375. The molecule has 1 aromatic heterocycles. The standard InChI is InChI=1S/C21H26N4O2/c1-16-7-9-24(10-8-16)19-15-18(21(26)25-11-13-27-14-12-25)22-20(23-19)17-5-3-2-4-6-17/h2-6,15-16H,7-14H2,1H3. The summed E-state index contributed by atoms with van der Waals surface area (Å²) in [6, 6.07) is 11.7. The zero-order valence-corrected chi connectivity index (χ0v) is 15.8. The van der Waals surface area contributed by atoms with Gasteiger partial charge in [-0.25, -0.2) is 9.97 Å². The number of ether oxygens (including phenoxy) is 1. The summed E-state index contributed by atoms with van der Waals surface area (Å²) in [5.74, 6) is 2.17. The van der Waals surface area contributed by atoms with Gasteiger partial charge >= 0.3 is 0 Å². The van der Waals surface area contributed by atoms with Crippen molar-refractivity contribution in [2.75, 3.05) is 44.3 Å². The monoisotopic (exact) mass is 366 g/mol. The van der Waals surface area contributed by atoms with E-state index in [-0.39, 0.29) is 5.91 Å². The van der Waals surface area contributed by atoms with Gasteiger partial charge in [-0.2, -0.15) is 0 Å². The molecule has 4 rings (SSSR count). The zero-order valence-electron chi connectivity index (χ0n) is 15.8. The van der Waals surface area contributed by atoms with Crippen molar-refractivity contribution in [2.45, 2.75) is 19.8 Å². The molecule has 0 aliphatic carbocycles. The van der Waals surface area contributed by atoms with Gasteiger partial charge in [-0.3, -0.25) is 4.79 Å². The van der Waals surface area contributed by atoms with Crippen LogP contribution >= 0.6 is 0 Å². The van der Waals surface area contributed by atoms with Gasteiger partial charge < -0.3 is 14.5 Å². The third-order valence-electron chi connectivity index (χ3n) is 5.37. The number of hydrogen-bond donors (Lipinski definition) is 0. The van der Waals surface area contributed by atoms with Crippen LogP contribution in [0.2, 0.25) is 0 Å². The van der Waals surface area contributed by atoms with Gasteiger partial charge in [0.1, 0.15) is 11.5 Å². The summed E-state index contributed by atoms with van der Waals surface area (Å²) in [7, 11) is 0. The Labute approximate surface area is 160 Å². The lowest BCUT2D eigenvalue weighted by atomic mass is 9.99. The normalized spacial score (nSPS) is 18.6. The minimum Gasteiger partial charge on any atom is -0.378 e. The van der Waals surface area contributed by atoms with Crippen molar-refractivity contribution in [1.82, 2.24) is 14.9 Å². The number of carbonyl (C=O) groups excluding carboxylic acids is 1. The highest BCUT2D eigenvalue weighted by Gasteiger charge is 2.24. The molecule has 3 heterocycles. The molecule has 2 saturated heterocycles. The molecule has 0 spiro atoms. The van der Waals surface area contributed by atoms with Crippen molar-refractivity contribution in [3.8, 4) is 11.4 Å². The van der Waals surface area contributed by atoms with Gasteiger partial charge in [0, 0.05) is 37.8 Å². The maximum Gasteiger partial charge on any atom is 0.272 e. The second-order valence-corrected chi connectivity index (χ2v) is 7.38. The maximum atomic E-state index is 13.0. The van der Waals surface area contributed by atoms with Crippen LogP contribution < -0.4 is 4.90 Å². The van der Waals surface area contributed by atoms with Crippen molar-refractivity contribution < 1.29 is 9.53 Å². The molecule has 6 heteroatoms. The third-order valence-corrected chi connectivity index (χ3v) is 5.37. The summed E-state index contributed by atoms with van der Waals surface area (Å²) in [6.07, 6.45) is 2.30. The van der Waals surface area contributed by atoms with Crippen molar-refractivity contribution in [1.29, 1.82) is 0 Å². The fraction of sp³-hybridized carbons (Fsp3) is 0.476. The maximum absolute atomic E-state index is 13.0. The SMILES string of the molecule is CC1CCN(c2cc(C(=O)N3CCOCC3)nc(-c3ccccc3)n2)CC1. The number of aromatic nitrogens is 2. The number of hydrogen-bond acceptors (Lipinski definition) is 5. The van der Waals surface area contributed by atoms with Gasteiger partial charge in [0.15, 0.2) is 5.82 Å². The minimum atomic E-state index is -0.0375. The molecular weight excluding hydrogens is 340 g/mol. The van der Waals surface area contributed by atoms with Gasteiger partial charge in [0.2, 0.25) is 0 Å². The first-order valence-electron chi connectivity index (χ1n) is 9.77. The van der Waals surface area contributed by atoms with E-state index in [1.54, 1.807) is 0 Å². The van der Waals surface area contributed by atoms with E-state index < -0.39 is 0 Å². The van der Waals surface area contributed by atoms with Crippen LogP contribution in [0.5, 0.6) is 0 Å². The predicted molar refractivity (Wildman–Crippen MR) is 105 cm³/mol. The van der Waals surface area contributed by atoms with Crippen LogP contribution in [0.15, 0.2) is 36.4 Å². The molecule has 0 atom stereocenters. The van der Waals surface area contributed by atoms with Crippen LogP contribution in [-0.2, 0) is 4.74 Å². The fourth-order valence-corrected chi connectivity index (χ4v) is 3.59. The molecule has 2 aromatic rings. The number of morpholine rings is 1. The van der Waals surface area contributed by atoms with E-state index in [2.05, 4.69) is 16.8 Å². The van der Waals surface area contributed by atoms with E-state index in [9.17, 15) is 4.79 Å². The van der Waals surface area contributed by atoms with Crippen LogP contribution in [0, 0.1) is 5.92 Å². The number of anilines is 1. The molecule has 0 bridgehead atoms. The Morgan fingerprint density at radius 3 is 2.44 bits per heavy atom. The molecule has 2 aliphatic rings. The summed E-state index contributed by atoms with van der Waals surface area (Å²) in [5, 5.41) is 0. The number of rotatable bonds is 3. The summed E-state index contributed by atoms with van der Waals surface area (Å²) in [5.41, 5.74) is 1.40. The number of carbonyl (C=O) groups is 1. The fourth-order valence-electron chi connectivity index (χ4n) is 3.59. The van der Waals surface area contributed by atoms with E-state index in [1.165, 1.54) is 0 Å². The van der Waals surface area contributed by atoms with Crippen LogP contribution in [0.25, 0.3) is 11.4 Å². The molecular formula is C21H26N4O2. The van der Waals surface area contributed by atoms with Gasteiger partial charge in [-0.05, 0) is 18.8 Å². The Morgan fingerprint density at radius 2 is 1.74 bits per heavy atom. The molecule has 0 unspecified atom stereocenters.